The van der Waals surface area contributed by atoms with Gasteiger partial charge in [0, 0.05) is 44.3 Å². The molecule has 0 bridgehead atoms. The van der Waals surface area contributed by atoms with Crippen molar-refractivity contribution >= 4 is 23.7 Å². The number of urea groups is 1. The van der Waals surface area contributed by atoms with Crippen molar-refractivity contribution < 1.29 is 23.5 Å². The molecule has 10 heteroatoms. The summed E-state index contributed by atoms with van der Waals surface area (Å²) in [4.78, 5) is 39.0. The Morgan fingerprint density at radius 1 is 1.18 bits per heavy atom. The van der Waals surface area contributed by atoms with Crippen molar-refractivity contribution in [2.45, 2.75) is 45.3 Å². The number of anilines is 1. The number of aromatic nitrogens is 1. The number of nitrogens with one attached hydrogen (secondary N) is 3. The maximum atomic E-state index is 13.7. The molecule has 3 rings (SSSR count). The Morgan fingerprint density at radius 2 is 1.94 bits per heavy atom. The number of likely N-dealkylation sites (tertiary alicyclic amines) is 1. The fourth-order valence-corrected chi connectivity index (χ4v) is 3.56. The smallest absolute Gasteiger partial charge is 0.410 e. The zero-order valence-electron chi connectivity index (χ0n) is 19.3. The van der Waals surface area contributed by atoms with Gasteiger partial charge in [-0.25, -0.2) is 14.0 Å². The lowest BCUT2D eigenvalue weighted by Gasteiger charge is -2.34. The molecule has 1 aliphatic heterocycles. The minimum absolute atomic E-state index is 0.220. The van der Waals surface area contributed by atoms with E-state index in [0.29, 0.717) is 25.2 Å². The number of halogens is 1. The van der Waals surface area contributed by atoms with Crippen LogP contribution in [0.25, 0.3) is 5.69 Å². The van der Waals surface area contributed by atoms with Crippen LogP contribution in [0.2, 0.25) is 0 Å². The third kappa shape index (κ3) is 6.47. The zero-order chi connectivity index (χ0) is 24.2. The Balaban J connectivity index is 1.77. The van der Waals surface area contributed by atoms with Gasteiger partial charge in [0.25, 0.3) is 5.91 Å². The molecule has 1 aromatic heterocycles. The summed E-state index contributed by atoms with van der Waals surface area (Å²) in [6, 6.07) is 5.13. The highest BCUT2D eigenvalue weighted by molar-refractivity contribution is 6.03. The van der Waals surface area contributed by atoms with Crippen LogP contribution in [0.1, 0.15) is 44.0 Å². The molecule has 9 nitrogen and oxygen atoms in total. The van der Waals surface area contributed by atoms with Crippen LogP contribution in [0.15, 0.2) is 36.7 Å². The van der Waals surface area contributed by atoms with Crippen molar-refractivity contribution in [2.75, 3.05) is 25.5 Å². The first-order valence-electron chi connectivity index (χ1n) is 10.8. The molecule has 4 amide bonds. The molecule has 1 aliphatic rings. The van der Waals surface area contributed by atoms with E-state index in [2.05, 4.69) is 16.0 Å². The number of hydrogen-bond donors (Lipinski definition) is 3. The summed E-state index contributed by atoms with van der Waals surface area (Å²) in [5.74, 6) is -0.829. The third-order valence-corrected chi connectivity index (χ3v) is 5.06. The molecular weight excluding hydrogens is 429 g/mol. The van der Waals surface area contributed by atoms with Gasteiger partial charge in [0.05, 0.1) is 11.3 Å². The summed E-state index contributed by atoms with van der Waals surface area (Å²) in [6.45, 7) is 6.29. The first-order valence-corrected chi connectivity index (χ1v) is 10.8. The van der Waals surface area contributed by atoms with E-state index in [1.165, 1.54) is 25.4 Å². The van der Waals surface area contributed by atoms with Crippen molar-refractivity contribution in [3.05, 3.63) is 48.0 Å². The van der Waals surface area contributed by atoms with Crippen LogP contribution in [0.4, 0.5) is 19.7 Å². The van der Waals surface area contributed by atoms with Crippen LogP contribution in [0, 0.1) is 5.82 Å². The van der Waals surface area contributed by atoms with Crippen LogP contribution in [-0.2, 0) is 4.74 Å². The van der Waals surface area contributed by atoms with Crippen molar-refractivity contribution in [3.8, 4) is 5.69 Å². The minimum Gasteiger partial charge on any atom is -0.444 e. The molecule has 0 spiro atoms. The highest BCUT2D eigenvalue weighted by atomic mass is 19.1. The molecule has 1 fully saturated rings. The highest BCUT2D eigenvalue weighted by Gasteiger charge is 2.29. The summed E-state index contributed by atoms with van der Waals surface area (Å²) in [7, 11) is 1.46. The molecule has 0 aliphatic carbocycles. The van der Waals surface area contributed by atoms with Crippen LogP contribution < -0.4 is 16.0 Å². The molecule has 3 N–H and O–H groups in total. The Labute approximate surface area is 192 Å². The Morgan fingerprint density at radius 3 is 2.61 bits per heavy atom. The molecule has 1 aromatic carbocycles. The van der Waals surface area contributed by atoms with Crippen LogP contribution in [0.3, 0.4) is 0 Å². The lowest BCUT2D eigenvalue weighted by atomic mass is 10.1. The van der Waals surface area contributed by atoms with Gasteiger partial charge in [-0.3, -0.25) is 4.79 Å². The van der Waals surface area contributed by atoms with Crippen LogP contribution in [0.5, 0.6) is 0 Å². The van der Waals surface area contributed by atoms with E-state index in [0.717, 1.165) is 6.42 Å². The first kappa shape index (κ1) is 24.1. The lowest BCUT2D eigenvalue weighted by Crippen LogP contribution is -2.50. The molecule has 2 heterocycles. The number of carbonyl (C=O) groups is 3. The predicted molar refractivity (Wildman–Crippen MR) is 122 cm³/mol. The molecule has 1 saturated heterocycles. The molecule has 33 heavy (non-hydrogen) atoms. The topological polar surface area (TPSA) is 105 Å². The normalized spacial score (nSPS) is 16.2. The van der Waals surface area contributed by atoms with E-state index < -0.39 is 29.4 Å². The molecule has 178 valence electrons. The predicted octanol–water partition coefficient (Wildman–Crippen LogP) is 3.50. The molecule has 0 radical (unpaired) electrons. The largest absolute Gasteiger partial charge is 0.444 e. The number of piperidine rings is 1. The SMILES string of the molecule is CNC(=O)Nc1cn(-c2cccc(F)c2)cc1C(=O)N[C@H]1CCCN(C(=O)OC(C)(C)C)C1. The summed E-state index contributed by atoms with van der Waals surface area (Å²) < 4.78 is 20.7. The number of nitrogens with zero attached hydrogens (tertiary/aromatic N) is 2. The Kier molecular flexibility index (Phi) is 7.25. The van der Waals surface area contributed by atoms with Gasteiger partial charge < -0.3 is 30.2 Å². The van der Waals surface area contributed by atoms with Crippen molar-refractivity contribution in [2.24, 2.45) is 0 Å². The highest BCUT2D eigenvalue weighted by Crippen LogP contribution is 2.22. The number of ether oxygens (including phenoxy) is 1. The average Bonchev–Trinajstić information content (AvgIpc) is 3.16. The van der Waals surface area contributed by atoms with E-state index in [4.69, 9.17) is 4.74 Å². The van der Waals surface area contributed by atoms with Gasteiger partial charge in [-0.05, 0) is 51.8 Å². The van der Waals surface area contributed by atoms with Gasteiger partial charge in [0.15, 0.2) is 0 Å². The second-order valence-corrected chi connectivity index (χ2v) is 8.92. The van der Waals surface area contributed by atoms with Gasteiger partial charge in [-0.2, -0.15) is 0 Å². The van der Waals surface area contributed by atoms with Gasteiger partial charge in [-0.1, -0.05) is 6.07 Å². The standard InChI is InChI=1S/C23H30FN5O4/c1-23(2,3)33-22(32)28-10-6-8-16(12-28)26-20(30)18-13-29(14-19(18)27-21(31)25-4)17-9-5-7-15(24)11-17/h5,7,9,11,13-14,16H,6,8,10,12H2,1-4H3,(H,26,30)(H2,25,27,31)/t16-/m0/s1. The van der Waals surface area contributed by atoms with Crippen LogP contribution in [-0.4, -0.2) is 59.3 Å². The molecule has 1 atom stereocenters. The molecular formula is C23H30FN5O4. The van der Waals surface area contributed by atoms with E-state index in [-0.39, 0.29) is 17.3 Å². The minimum atomic E-state index is -0.604. The maximum absolute atomic E-state index is 13.7. The molecule has 0 unspecified atom stereocenters. The van der Waals surface area contributed by atoms with E-state index >= 15 is 0 Å². The quantitative estimate of drug-likeness (QED) is 0.651. The van der Waals surface area contributed by atoms with E-state index in [9.17, 15) is 18.8 Å². The van der Waals surface area contributed by atoms with Crippen molar-refractivity contribution in [3.63, 3.8) is 0 Å². The molecule has 0 saturated carbocycles. The summed E-state index contributed by atoms with van der Waals surface area (Å²) in [5.41, 5.74) is 0.393. The summed E-state index contributed by atoms with van der Waals surface area (Å²) in [6.07, 6.45) is 4.09. The Bertz CT molecular complexity index is 1030. The van der Waals surface area contributed by atoms with Crippen molar-refractivity contribution in [1.82, 2.24) is 20.1 Å². The van der Waals surface area contributed by atoms with E-state index in [1.807, 2.05) is 0 Å². The second-order valence-electron chi connectivity index (χ2n) is 8.92. The fraction of sp³-hybridized carbons (Fsp3) is 0.435. The van der Waals surface area contributed by atoms with Crippen LogP contribution >= 0.6 is 0 Å². The monoisotopic (exact) mass is 459 g/mol. The summed E-state index contributed by atoms with van der Waals surface area (Å²) >= 11 is 0. The summed E-state index contributed by atoms with van der Waals surface area (Å²) in [5, 5.41) is 8.02. The number of benzene rings is 1. The third-order valence-electron chi connectivity index (χ3n) is 5.06. The number of carbonyl (C=O) groups excluding carboxylic acids is 3. The van der Waals surface area contributed by atoms with Gasteiger partial charge in [-0.15, -0.1) is 0 Å². The number of hydrogen-bond acceptors (Lipinski definition) is 4. The molecule has 2 aromatic rings. The number of rotatable bonds is 4. The lowest BCUT2D eigenvalue weighted by molar-refractivity contribution is 0.0185. The van der Waals surface area contributed by atoms with Gasteiger partial charge in [0.2, 0.25) is 0 Å². The second kappa shape index (κ2) is 9.93. The maximum Gasteiger partial charge on any atom is 0.410 e. The van der Waals surface area contributed by atoms with Crippen molar-refractivity contribution in [1.29, 1.82) is 0 Å². The van der Waals surface area contributed by atoms with Gasteiger partial charge >= 0.3 is 12.1 Å². The zero-order valence-corrected chi connectivity index (χ0v) is 19.3. The van der Waals surface area contributed by atoms with E-state index in [1.54, 1.807) is 48.6 Å². The average molecular weight is 460 g/mol. The fourth-order valence-electron chi connectivity index (χ4n) is 3.56. The Hall–Kier alpha value is -3.56. The first-order chi connectivity index (χ1) is 15.6. The van der Waals surface area contributed by atoms with Gasteiger partial charge in [0.1, 0.15) is 11.4 Å². The number of amides is 4.